The highest BCUT2D eigenvalue weighted by Gasteiger charge is 2.28. The van der Waals surface area contributed by atoms with Crippen molar-refractivity contribution in [1.82, 2.24) is 10.2 Å². The Morgan fingerprint density at radius 3 is 2.68 bits per heavy atom. The second kappa shape index (κ2) is 9.55. The largest absolute Gasteiger partial charge is 0.496 e. The Labute approximate surface area is 166 Å². The van der Waals surface area contributed by atoms with Crippen LogP contribution in [0, 0.1) is 5.82 Å². The lowest BCUT2D eigenvalue weighted by Crippen LogP contribution is -2.51. The van der Waals surface area contributed by atoms with Crippen LogP contribution in [0.15, 0.2) is 53.5 Å². The molecule has 28 heavy (non-hydrogen) atoms. The summed E-state index contributed by atoms with van der Waals surface area (Å²) in [6, 6.07) is 14.6. The molecule has 0 amide bonds. The zero-order valence-electron chi connectivity index (χ0n) is 16.7. The summed E-state index contributed by atoms with van der Waals surface area (Å²) in [5.41, 5.74) is 2.13. The third-order valence-electron chi connectivity index (χ3n) is 4.88. The smallest absolute Gasteiger partial charge is 0.193 e. The van der Waals surface area contributed by atoms with Crippen LogP contribution in [0.1, 0.15) is 24.2 Å². The first-order valence-electron chi connectivity index (χ1n) is 9.59. The Balaban J connectivity index is 1.62. The number of para-hydroxylation sites is 1. The van der Waals surface area contributed by atoms with Gasteiger partial charge in [-0.1, -0.05) is 30.3 Å². The maximum absolute atomic E-state index is 13.2. The van der Waals surface area contributed by atoms with Crippen LogP contribution >= 0.6 is 0 Å². The van der Waals surface area contributed by atoms with Gasteiger partial charge in [-0.3, -0.25) is 4.99 Å². The van der Waals surface area contributed by atoms with Gasteiger partial charge in [-0.05, 0) is 42.7 Å². The lowest BCUT2D eigenvalue weighted by molar-refractivity contribution is -0.0604. The van der Waals surface area contributed by atoms with E-state index in [2.05, 4.69) is 21.3 Å². The molecule has 0 aromatic heterocycles. The minimum Gasteiger partial charge on any atom is -0.496 e. The van der Waals surface area contributed by atoms with Crippen LogP contribution in [-0.4, -0.2) is 50.8 Å². The molecular formula is C22H28FN3O2. The Bertz CT molecular complexity index is 795. The van der Waals surface area contributed by atoms with Crippen molar-refractivity contribution in [3.05, 3.63) is 65.5 Å². The van der Waals surface area contributed by atoms with Gasteiger partial charge in [0.1, 0.15) is 17.7 Å². The van der Waals surface area contributed by atoms with Crippen LogP contribution in [-0.2, 0) is 11.2 Å². The summed E-state index contributed by atoms with van der Waals surface area (Å²) in [4.78, 5) is 6.65. The highest BCUT2D eigenvalue weighted by molar-refractivity contribution is 5.80. The zero-order chi connectivity index (χ0) is 19.9. The number of hydrogen-bond donors (Lipinski definition) is 1. The molecule has 1 aliphatic heterocycles. The molecular weight excluding hydrogens is 357 g/mol. The minimum atomic E-state index is -0.238. The topological polar surface area (TPSA) is 46.1 Å². The molecule has 0 radical (unpaired) electrons. The summed E-state index contributed by atoms with van der Waals surface area (Å²) < 4.78 is 24.7. The maximum Gasteiger partial charge on any atom is 0.193 e. The summed E-state index contributed by atoms with van der Waals surface area (Å²) >= 11 is 0. The van der Waals surface area contributed by atoms with E-state index in [1.54, 1.807) is 26.3 Å². The molecule has 0 spiro atoms. The number of nitrogens with one attached hydrogen (secondary N) is 1. The predicted octanol–water partition coefficient (Wildman–Crippen LogP) is 3.41. The molecule has 0 aliphatic carbocycles. The van der Waals surface area contributed by atoms with Crippen molar-refractivity contribution in [2.24, 2.45) is 4.99 Å². The van der Waals surface area contributed by atoms with Crippen molar-refractivity contribution in [2.75, 3.05) is 33.8 Å². The highest BCUT2D eigenvalue weighted by Crippen LogP contribution is 2.25. The third-order valence-corrected chi connectivity index (χ3v) is 4.88. The monoisotopic (exact) mass is 385 g/mol. The van der Waals surface area contributed by atoms with Gasteiger partial charge in [0.25, 0.3) is 0 Å². The van der Waals surface area contributed by atoms with Crippen LogP contribution in [0.2, 0.25) is 0 Å². The fourth-order valence-electron chi connectivity index (χ4n) is 3.54. The van der Waals surface area contributed by atoms with Gasteiger partial charge in [-0.15, -0.1) is 0 Å². The standard InChI is InChI=1S/C22H28FN3O2/c1-16-14-26(15-21(28-16)18-8-10-19(23)11-9-18)22(24-2)25-13-12-17-6-4-5-7-20(17)27-3/h4-11,16,21H,12-15H2,1-3H3,(H,24,25). The van der Waals surface area contributed by atoms with Gasteiger partial charge in [0.15, 0.2) is 5.96 Å². The fourth-order valence-corrected chi connectivity index (χ4v) is 3.54. The second-order valence-corrected chi connectivity index (χ2v) is 6.93. The van der Waals surface area contributed by atoms with Crippen LogP contribution in [0.25, 0.3) is 0 Å². The van der Waals surface area contributed by atoms with E-state index in [-0.39, 0.29) is 18.0 Å². The van der Waals surface area contributed by atoms with Crippen LogP contribution in [0.4, 0.5) is 4.39 Å². The van der Waals surface area contributed by atoms with Crippen molar-refractivity contribution in [3.8, 4) is 5.75 Å². The number of benzene rings is 2. The number of nitrogens with zero attached hydrogens (tertiary/aromatic N) is 2. The van der Waals surface area contributed by atoms with Crippen molar-refractivity contribution in [3.63, 3.8) is 0 Å². The van der Waals surface area contributed by atoms with E-state index >= 15 is 0 Å². The fraction of sp³-hybridized carbons (Fsp3) is 0.409. The average molecular weight is 385 g/mol. The summed E-state index contributed by atoms with van der Waals surface area (Å²) in [6.45, 7) is 4.22. The van der Waals surface area contributed by atoms with Gasteiger partial charge in [-0.2, -0.15) is 0 Å². The van der Waals surface area contributed by atoms with Gasteiger partial charge in [0.05, 0.1) is 19.8 Å². The summed E-state index contributed by atoms with van der Waals surface area (Å²) in [6.07, 6.45) is 0.776. The van der Waals surface area contributed by atoms with Crippen molar-refractivity contribution in [1.29, 1.82) is 0 Å². The molecule has 2 atom stereocenters. The number of methoxy groups -OCH3 is 1. The van der Waals surface area contributed by atoms with E-state index in [0.717, 1.165) is 42.3 Å². The molecule has 150 valence electrons. The predicted molar refractivity (Wildman–Crippen MR) is 109 cm³/mol. The van der Waals surface area contributed by atoms with Crippen molar-refractivity contribution < 1.29 is 13.9 Å². The molecule has 1 saturated heterocycles. The lowest BCUT2D eigenvalue weighted by atomic mass is 10.1. The van der Waals surface area contributed by atoms with Gasteiger partial charge in [0, 0.05) is 20.1 Å². The molecule has 1 aliphatic rings. The Morgan fingerprint density at radius 1 is 1.21 bits per heavy atom. The maximum atomic E-state index is 13.2. The molecule has 2 unspecified atom stereocenters. The van der Waals surface area contributed by atoms with Gasteiger partial charge in [-0.25, -0.2) is 4.39 Å². The van der Waals surface area contributed by atoms with Gasteiger partial charge in [0.2, 0.25) is 0 Å². The SMILES string of the molecule is CN=C(NCCc1ccccc1OC)N1CC(C)OC(c2ccc(F)cc2)C1. The first-order chi connectivity index (χ1) is 13.6. The second-order valence-electron chi connectivity index (χ2n) is 6.93. The van der Waals surface area contributed by atoms with Crippen LogP contribution in [0.5, 0.6) is 5.75 Å². The number of morpholine rings is 1. The van der Waals surface area contributed by atoms with E-state index < -0.39 is 0 Å². The van der Waals surface area contributed by atoms with E-state index in [1.165, 1.54) is 12.1 Å². The molecule has 1 fully saturated rings. The van der Waals surface area contributed by atoms with Crippen molar-refractivity contribution in [2.45, 2.75) is 25.6 Å². The molecule has 2 aromatic rings. The molecule has 3 rings (SSSR count). The zero-order valence-corrected chi connectivity index (χ0v) is 16.7. The van der Waals surface area contributed by atoms with Crippen LogP contribution < -0.4 is 10.1 Å². The molecule has 2 aromatic carbocycles. The number of rotatable bonds is 5. The minimum absolute atomic E-state index is 0.0524. The van der Waals surface area contributed by atoms with Crippen LogP contribution in [0.3, 0.4) is 0 Å². The first-order valence-corrected chi connectivity index (χ1v) is 9.59. The highest BCUT2D eigenvalue weighted by atomic mass is 19.1. The molecule has 0 bridgehead atoms. The Kier molecular flexibility index (Phi) is 6.87. The van der Waals surface area contributed by atoms with Gasteiger partial charge < -0.3 is 19.7 Å². The molecule has 6 heteroatoms. The van der Waals surface area contributed by atoms with Gasteiger partial charge >= 0.3 is 0 Å². The quantitative estimate of drug-likeness (QED) is 0.633. The number of halogens is 1. The lowest BCUT2D eigenvalue weighted by Gasteiger charge is -2.38. The number of ether oxygens (including phenoxy) is 2. The molecule has 1 heterocycles. The first kappa shape index (κ1) is 20.1. The van der Waals surface area contributed by atoms with E-state index in [0.29, 0.717) is 6.54 Å². The molecule has 0 saturated carbocycles. The number of aliphatic imine (C=N–C) groups is 1. The summed E-state index contributed by atoms with van der Waals surface area (Å²) in [7, 11) is 3.48. The van der Waals surface area contributed by atoms with E-state index in [9.17, 15) is 4.39 Å². The third kappa shape index (κ3) is 5.01. The molecule has 5 nitrogen and oxygen atoms in total. The number of hydrogen-bond acceptors (Lipinski definition) is 3. The molecule has 1 N–H and O–H groups in total. The Hall–Kier alpha value is -2.60. The van der Waals surface area contributed by atoms with E-state index in [1.807, 2.05) is 25.1 Å². The normalized spacial score (nSPS) is 20.1. The summed E-state index contributed by atoms with van der Waals surface area (Å²) in [5.74, 6) is 1.51. The summed E-state index contributed by atoms with van der Waals surface area (Å²) in [5, 5.41) is 3.45. The average Bonchev–Trinajstić information content (AvgIpc) is 2.71. The number of guanidine groups is 1. The van der Waals surface area contributed by atoms with Crippen molar-refractivity contribution >= 4 is 5.96 Å². The van der Waals surface area contributed by atoms with E-state index in [4.69, 9.17) is 9.47 Å². The Morgan fingerprint density at radius 2 is 1.96 bits per heavy atom.